The van der Waals surface area contributed by atoms with Gasteiger partial charge in [0.2, 0.25) is 0 Å². The Balaban J connectivity index is 1.64. The minimum absolute atomic E-state index is 0.698. The average molecular weight is 524 g/mol. The maximum absolute atomic E-state index is 2.51. The second-order valence-corrected chi connectivity index (χ2v) is 14.8. The van der Waals surface area contributed by atoms with Gasteiger partial charge in [0.1, 0.15) is 28.5 Å². The second-order valence-electron chi connectivity index (χ2n) is 9.20. The van der Waals surface area contributed by atoms with Crippen LogP contribution in [0.25, 0.3) is 0 Å². The summed E-state index contributed by atoms with van der Waals surface area (Å²) in [5.74, 6) is 0. The monoisotopic (exact) mass is 523 g/mol. The summed E-state index contributed by atoms with van der Waals surface area (Å²) in [6.07, 6.45) is 0. The van der Waals surface area contributed by atoms with Crippen LogP contribution in [0.3, 0.4) is 0 Å². The zero-order valence-electron chi connectivity index (χ0n) is 21.1. The van der Waals surface area contributed by atoms with Crippen molar-refractivity contribution in [3.8, 4) is 0 Å². The third-order valence-electron chi connectivity index (χ3n) is 6.93. The maximum atomic E-state index is 2.51. The van der Waals surface area contributed by atoms with Crippen molar-refractivity contribution >= 4 is 52.3 Å². The molecule has 0 spiro atoms. The Bertz CT molecular complexity index is 1450. The van der Waals surface area contributed by atoms with Gasteiger partial charge in [0, 0.05) is 0 Å². The summed E-state index contributed by atoms with van der Waals surface area (Å²) in [5.41, 5.74) is 0. The van der Waals surface area contributed by atoms with Crippen LogP contribution in [0, 0.1) is 0 Å². The van der Waals surface area contributed by atoms with Crippen molar-refractivity contribution in [1.29, 1.82) is 0 Å². The van der Waals surface area contributed by atoms with E-state index < -0.39 is 15.2 Å². The van der Waals surface area contributed by atoms with E-state index in [4.69, 9.17) is 0 Å². The van der Waals surface area contributed by atoms with E-state index in [1.807, 2.05) is 0 Å². The SMILES string of the molecule is c1ccc(P(c2ccccc2)c2cccc([P+](c3ccccc3)(c3ccccc3)c3ccccc3)c2)cc1. The van der Waals surface area contributed by atoms with Crippen molar-refractivity contribution in [2.24, 2.45) is 0 Å². The van der Waals surface area contributed by atoms with E-state index in [2.05, 4.69) is 176 Å². The molecule has 0 N–H and O–H groups in total. The standard InChI is InChI=1S/C36H29P2/c1-6-17-30(18-7-1)37(31-19-8-2-9-20-31)32-21-16-28-36(29-32)38(33-22-10-3-11-23-33,34-24-12-4-13-25-34)35-26-14-5-15-27-35/h1-29H/q+1. The van der Waals surface area contributed by atoms with Crippen molar-refractivity contribution in [2.75, 3.05) is 0 Å². The smallest absolute Gasteiger partial charge is 0.0622 e. The highest BCUT2D eigenvalue weighted by molar-refractivity contribution is 8.01. The van der Waals surface area contributed by atoms with Crippen LogP contribution in [-0.4, -0.2) is 0 Å². The maximum Gasteiger partial charge on any atom is 0.144 e. The topological polar surface area (TPSA) is 0 Å². The van der Waals surface area contributed by atoms with Gasteiger partial charge in [-0.1, -0.05) is 127 Å². The Morgan fingerprint density at radius 3 is 1.00 bits per heavy atom. The molecule has 2 heteroatoms. The molecule has 0 saturated heterocycles. The van der Waals surface area contributed by atoms with Crippen LogP contribution in [0.4, 0.5) is 0 Å². The first kappa shape index (κ1) is 24.5. The normalized spacial score (nSPS) is 11.4. The van der Waals surface area contributed by atoms with Crippen molar-refractivity contribution in [2.45, 2.75) is 0 Å². The molecule has 0 aliphatic rings. The highest BCUT2D eigenvalue weighted by atomic mass is 31.2. The zero-order valence-corrected chi connectivity index (χ0v) is 22.9. The highest BCUT2D eigenvalue weighted by Gasteiger charge is 2.48. The molecule has 6 aromatic carbocycles. The molecule has 182 valence electrons. The molecule has 0 aromatic heterocycles. The minimum atomic E-state index is -2.15. The molecule has 0 saturated carbocycles. The van der Waals surface area contributed by atoms with E-state index in [-0.39, 0.29) is 0 Å². The van der Waals surface area contributed by atoms with Crippen LogP contribution in [0.5, 0.6) is 0 Å². The van der Waals surface area contributed by atoms with Gasteiger partial charge in [-0.25, -0.2) is 0 Å². The molecule has 38 heavy (non-hydrogen) atoms. The summed E-state index contributed by atoms with van der Waals surface area (Å²) in [5, 5.41) is 9.62. The lowest BCUT2D eigenvalue weighted by Crippen LogP contribution is -2.39. The number of benzene rings is 6. The molecule has 6 aromatic rings. The van der Waals surface area contributed by atoms with Gasteiger partial charge in [0.25, 0.3) is 0 Å². The van der Waals surface area contributed by atoms with Crippen molar-refractivity contribution < 1.29 is 0 Å². The molecule has 0 heterocycles. The van der Waals surface area contributed by atoms with E-state index in [1.54, 1.807) is 0 Å². The van der Waals surface area contributed by atoms with Crippen LogP contribution >= 0.6 is 15.2 Å². The van der Waals surface area contributed by atoms with Crippen LogP contribution in [0.2, 0.25) is 0 Å². The minimum Gasteiger partial charge on any atom is -0.0622 e. The highest BCUT2D eigenvalue weighted by Crippen LogP contribution is 2.54. The van der Waals surface area contributed by atoms with Gasteiger partial charge in [-0.3, -0.25) is 0 Å². The Labute approximate surface area is 227 Å². The lowest BCUT2D eigenvalue weighted by Gasteiger charge is -2.28. The fourth-order valence-corrected chi connectivity index (χ4v) is 12.0. The van der Waals surface area contributed by atoms with E-state index in [0.29, 0.717) is 0 Å². The van der Waals surface area contributed by atoms with E-state index in [9.17, 15) is 0 Å². The molecule has 0 fully saturated rings. The van der Waals surface area contributed by atoms with Gasteiger partial charge < -0.3 is 0 Å². The van der Waals surface area contributed by atoms with Crippen LogP contribution in [-0.2, 0) is 0 Å². The summed E-state index contributed by atoms with van der Waals surface area (Å²) in [7, 11) is -2.84. The molecule has 0 nitrogen and oxygen atoms in total. The van der Waals surface area contributed by atoms with Gasteiger partial charge in [-0.05, 0) is 72.4 Å². The third-order valence-corrected chi connectivity index (χ3v) is 13.6. The first-order valence-corrected chi connectivity index (χ1v) is 16.1. The molecule has 0 unspecified atom stereocenters. The van der Waals surface area contributed by atoms with Gasteiger partial charge in [0.05, 0.1) is 0 Å². The molecular formula is C36H29P2+. The number of hydrogen-bond donors (Lipinski definition) is 0. The van der Waals surface area contributed by atoms with Crippen molar-refractivity contribution in [1.82, 2.24) is 0 Å². The largest absolute Gasteiger partial charge is 0.144 e. The van der Waals surface area contributed by atoms with Gasteiger partial charge in [-0.2, -0.15) is 0 Å². The average Bonchev–Trinajstić information content (AvgIpc) is 3.01. The first-order chi connectivity index (χ1) is 18.9. The van der Waals surface area contributed by atoms with Gasteiger partial charge in [0.15, 0.2) is 0 Å². The van der Waals surface area contributed by atoms with E-state index >= 15 is 0 Å². The fourth-order valence-electron chi connectivity index (χ4n) is 5.29. The second kappa shape index (κ2) is 11.3. The first-order valence-electron chi connectivity index (χ1n) is 12.9. The van der Waals surface area contributed by atoms with Gasteiger partial charge in [-0.15, -0.1) is 0 Å². The summed E-state index contributed by atoms with van der Waals surface area (Å²) < 4.78 is 0. The Kier molecular flexibility index (Phi) is 7.28. The van der Waals surface area contributed by atoms with Gasteiger partial charge >= 0.3 is 0 Å². The summed E-state index contributed by atoms with van der Waals surface area (Å²) in [6.45, 7) is 0. The predicted molar refractivity (Wildman–Crippen MR) is 170 cm³/mol. The number of hydrogen-bond acceptors (Lipinski definition) is 0. The Morgan fingerprint density at radius 2 is 0.605 bits per heavy atom. The van der Waals surface area contributed by atoms with E-state index in [0.717, 1.165) is 0 Å². The molecule has 0 radical (unpaired) electrons. The van der Waals surface area contributed by atoms with Crippen molar-refractivity contribution in [3.05, 3.63) is 176 Å². The molecule has 0 amide bonds. The molecule has 0 atom stereocenters. The van der Waals surface area contributed by atoms with Crippen LogP contribution in [0.15, 0.2) is 176 Å². The van der Waals surface area contributed by atoms with Crippen LogP contribution in [0.1, 0.15) is 0 Å². The van der Waals surface area contributed by atoms with Crippen molar-refractivity contribution in [3.63, 3.8) is 0 Å². The zero-order chi connectivity index (χ0) is 25.6. The van der Waals surface area contributed by atoms with E-state index in [1.165, 1.54) is 37.1 Å². The predicted octanol–water partition coefficient (Wildman–Crippen LogP) is 6.06. The molecule has 0 aliphatic carbocycles. The molecular weight excluding hydrogens is 494 g/mol. The summed E-state index contributed by atoms with van der Waals surface area (Å²) in [6, 6.07) is 64.8. The summed E-state index contributed by atoms with van der Waals surface area (Å²) >= 11 is 0. The third kappa shape index (κ3) is 4.63. The molecule has 0 aliphatic heterocycles. The summed E-state index contributed by atoms with van der Waals surface area (Å²) in [4.78, 5) is 0. The molecule has 6 rings (SSSR count). The quantitative estimate of drug-likeness (QED) is 0.223. The lowest BCUT2D eigenvalue weighted by molar-refractivity contribution is 1.71. The number of rotatable bonds is 7. The fraction of sp³-hybridized carbons (Fsp3) is 0. The Hall–Kier alpha value is -3.82. The van der Waals surface area contributed by atoms with Crippen LogP contribution < -0.4 is 37.1 Å². The Morgan fingerprint density at radius 1 is 0.289 bits per heavy atom. The molecule has 0 bridgehead atoms. The lowest BCUT2D eigenvalue weighted by atomic mass is 10.3.